The van der Waals surface area contributed by atoms with E-state index in [2.05, 4.69) is 6.92 Å². The largest absolute Gasteiger partial charge is 0.496 e. The maximum absolute atomic E-state index is 12.9. The molecule has 2 rings (SSSR count). The maximum Gasteiger partial charge on any atom is 0.259 e. The van der Waals surface area contributed by atoms with Crippen LogP contribution in [-0.4, -0.2) is 30.5 Å². The molecule has 1 fully saturated rings. The molecule has 0 aromatic heterocycles. The van der Waals surface area contributed by atoms with Crippen molar-refractivity contribution in [3.63, 3.8) is 0 Å². The number of nitrogens with two attached hydrogens (primary N) is 1. The van der Waals surface area contributed by atoms with Crippen LogP contribution in [0.3, 0.4) is 0 Å². The van der Waals surface area contributed by atoms with Crippen LogP contribution in [-0.2, 0) is 0 Å². The normalized spacial score (nSPS) is 18.9. The van der Waals surface area contributed by atoms with E-state index in [9.17, 15) is 4.79 Å². The van der Waals surface area contributed by atoms with Crippen LogP contribution in [0.15, 0.2) is 18.2 Å². The maximum atomic E-state index is 12.9. The molecule has 0 aliphatic carbocycles. The zero-order valence-corrected chi connectivity index (χ0v) is 12.4. The SMILES string of the molecule is CCCC1CCCCN1C(=O)c1c(N)cccc1OC. The zero-order chi connectivity index (χ0) is 14.5. The lowest BCUT2D eigenvalue weighted by Gasteiger charge is -2.36. The molecule has 1 amide bonds. The van der Waals surface area contributed by atoms with Crippen molar-refractivity contribution in [2.75, 3.05) is 19.4 Å². The van der Waals surface area contributed by atoms with Crippen LogP contribution in [0.5, 0.6) is 5.75 Å². The zero-order valence-electron chi connectivity index (χ0n) is 12.4. The summed E-state index contributed by atoms with van der Waals surface area (Å²) in [6.07, 6.45) is 5.52. The molecule has 0 spiro atoms. The number of benzene rings is 1. The molecule has 4 nitrogen and oxygen atoms in total. The Morgan fingerprint density at radius 2 is 2.25 bits per heavy atom. The Kier molecular flexibility index (Phi) is 4.88. The van der Waals surface area contributed by atoms with Crippen LogP contribution in [0.1, 0.15) is 49.4 Å². The third-order valence-electron chi connectivity index (χ3n) is 4.00. The van der Waals surface area contributed by atoms with Crippen molar-refractivity contribution in [3.05, 3.63) is 23.8 Å². The summed E-state index contributed by atoms with van der Waals surface area (Å²) in [4.78, 5) is 14.8. The molecule has 1 unspecified atom stereocenters. The summed E-state index contributed by atoms with van der Waals surface area (Å²) in [6.45, 7) is 2.98. The number of amides is 1. The molecule has 0 saturated carbocycles. The summed E-state index contributed by atoms with van der Waals surface area (Å²) in [5.41, 5.74) is 7.00. The highest BCUT2D eigenvalue weighted by atomic mass is 16.5. The number of hydrogen-bond donors (Lipinski definition) is 1. The van der Waals surface area contributed by atoms with Gasteiger partial charge in [0.15, 0.2) is 0 Å². The average Bonchev–Trinajstić information content (AvgIpc) is 2.47. The highest BCUT2D eigenvalue weighted by molar-refractivity contribution is 6.02. The van der Waals surface area contributed by atoms with Crippen LogP contribution >= 0.6 is 0 Å². The summed E-state index contributed by atoms with van der Waals surface area (Å²) in [6, 6.07) is 5.70. The molecule has 0 radical (unpaired) electrons. The number of methoxy groups -OCH3 is 1. The van der Waals surface area contributed by atoms with Gasteiger partial charge in [-0.3, -0.25) is 4.79 Å². The Morgan fingerprint density at radius 1 is 1.45 bits per heavy atom. The van der Waals surface area contributed by atoms with Gasteiger partial charge in [0, 0.05) is 18.3 Å². The summed E-state index contributed by atoms with van der Waals surface area (Å²) in [5.74, 6) is 0.578. The average molecular weight is 276 g/mol. The minimum atomic E-state index is 0.0121. The number of piperidine rings is 1. The number of rotatable bonds is 4. The predicted molar refractivity (Wildman–Crippen MR) is 81.0 cm³/mol. The molecule has 0 bridgehead atoms. The van der Waals surface area contributed by atoms with Crippen LogP contribution in [0.4, 0.5) is 5.69 Å². The number of hydrogen-bond acceptors (Lipinski definition) is 3. The number of anilines is 1. The molecular weight excluding hydrogens is 252 g/mol. The molecule has 2 N–H and O–H groups in total. The van der Waals surface area contributed by atoms with Gasteiger partial charge in [-0.25, -0.2) is 0 Å². The standard InChI is InChI=1S/C16H24N2O2/c1-3-7-12-8-4-5-11-18(12)16(19)15-13(17)9-6-10-14(15)20-2/h6,9-10,12H,3-5,7-8,11,17H2,1-2H3. The molecule has 110 valence electrons. The Bertz CT molecular complexity index is 472. The highest BCUT2D eigenvalue weighted by Gasteiger charge is 2.29. The molecular formula is C16H24N2O2. The van der Waals surface area contributed by atoms with Crippen LogP contribution < -0.4 is 10.5 Å². The fraction of sp³-hybridized carbons (Fsp3) is 0.562. The molecule has 1 atom stereocenters. The van der Waals surface area contributed by atoms with Gasteiger partial charge in [-0.15, -0.1) is 0 Å². The summed E-state index contributed by atoms with van der Waals surface area (Å²) < 4.78 is 5.31. The van der Waals surface area contributed by atoms with E-state index in [1.807, 2.05) is 11.0 Å². The smallest absolute Gasteiger partial charge is 0.259 e. The quantitative estimate of drug-likeness (QED) is 0.860. The second kappa shape index (κ2) is 6.64. The molecule has 1 heterocycles. The van der Waals surface area contributed by atoms with Gasteiger partial charge in [0.1, 0.15) is 11.3 Å². The second-order valence-electron chi connectivity index (χ2n) is 5.36. The van der Waals surface area contributed by atoms with Crippen molar-refractivity contribution < 1.29 is 9.53 Å². The Labute approximate surface area is 120 Å². The van der Waals surface area contributed by atoms with E-state index in [1.54, 1.807) is 19.2 Å². The predicted octanol–water partition coefficient (Wildman–Crippen LogP) is 3.07. The Hall–Kier alpha value is -1.71. The summed E-state index contributed by atoms with van der Waals surface area (Å²) in [5, 5.41) is 0. The molecule has 1 aliphatic rings. The van der Waals surface area contributed by atoms with Gasteiger partial charge in [-0.05, 0) is 37.8 Å². The Balaban J connectivity index is 2.29. The van der Waals surface area contributed by atoms with Crippen molar-refractivity contribution in [2.24, 2.45) is 0 Å². The van der Waals surface area contributed by atoms with E-state index >= 15 is 0 Å². The van der Waals surface area contributed by atoms with Crippen molar-refractivity contribution in [2.45, 2.75) is 45.1 Å². The van der Waals surface area contributed by atoms with E-state index in [-0.39, 0.29) is 5.91 Å². The van der Waals surface area contributed by atoms with E-state index in [0.717, 1.165) is 32.2 Å². The van der Waals surface area contributed by atoms with E-state index < -0.39 is 0 Å². The molecule has 4 heteroatoms. The molecule has 1 saturated heterocycles. The fourth-order valence-corrected chi connectivity index (χ4v) is 2.99. The number of carbonyl (C=O) groups excluding carboxylic acids is 1. The first-order chi connectivity index (χ1) is 9.69. The van der Waals surface area contributed by atoms with Gasteiger partial charge in [-0.1, -0.05) is 19.4 Å². The third-order valence-corrected chi connectivity index (χ3v) is 4.00. The minimum absolute atomic E-state index is 0.0121. The van der Waals surface area contributed by atoms with Gasteiger partial charge in [-0.2, -0.15) is 0 Å². The number of likely N-dealkylation sites (tertiary alicyclic amines) is 1. The van der Waals surface area contributed by atoms with Crippen LogP contribution in [0.2, 0.25) is 0 Å². The van der Waals surface area contributed by atoms with Crippen molar-refractivity contribution in [3.8, 4) is 5.75 Å². The molecule has 1 aromatic carbocycles. The van der Waals surface area contributed by atoms with Crippen molar-refractivity contribution >= 4 is 11.6 Å². The first-order valence-electron chi connectivity index (χ1n) is 7.42. The number of carbonyl (C=O) groups is 1. The summed E-state index contributed by atoms with van der Waals surface area (Å²) >= 11 is 0. The lowest BCUT2D eigenvalue weighted by molar-refractivity contribution is 0.0598. The second-order valence-corrected chi connectivity index (χ2v) is 5.36. The lowest BCUT2D eigenvalue weighted by atomic mass is 9.96. The molecule has 20 heavy (non-hydrogen) atoms. The first-order valence-corrected chi connectivity index (χ1v) is 7.42. The van der Waals surface area contributed by atoms with E-state index in [4.69, 9.17) is 10.5 Å². The lowest BCUT2D eigenvalue weighted by Crippen LogP contribution is -2.44. The topological polar surface area (TPSA) is 55.6 Å². The van der Waals surface area contributed by atoms with Gasteiger partial charge >= 0.3 is 0 Å². The van der Waals surface area contributed by atoms with E-state index in [1.165, 1.54) is 6.42 Å². The van der Waals surface area contributed by atoms with Gasteiger partial charge in [0.2, 0.25) is 0 Å². The monoisotopic (exact) mass is 276 g/mol. The minimum Gasteiger partial charge on any atom is -0.496 e. The summed E-state index contributed by atoms with van der Waals surface area (Å²) in [7, 11) is 1.57. The number of ether oxygens (including phenoxy) is 1. The first kappa shape index (κ1) is 14.7. The number of nitrogen functional groups attached to an aromatic ring is 1. The van der Waals surface area contributed by atoms with Gasteiger partial charge in [0.25, 0.3) is 5.91 Å². The molecule has 1 aromatic rings. The van der Waals surface area contributed by atoms with Gasteiger partial charge in [0.05, 0.1) is 7.11 Å². The third kappa shape index (κ3) is 2.89. The van der Waals surface area contributed by atoms with E-state index in [0.29, 0.717) is 23.0 Å². The molecule has 1 aliphatic heterocycles. The fourth-order valence-electron chi connectivity index (χ4n) is 2.99. The van der Waals surface area contributed by atoms with Crippen molar-refractivity contribution in [1.82, 2.24) is 4.90 Å². The Morgan fingerprint density at radius 3 is 2.95 bits per heavy atom. The van der Waals surface area contributed by atoms with Gasteiger partial charge < -0.3 is 15.4 Å². The highest BCUT2D eigenvalue weighted by Crippen LogP contribution is 2.29. The van der Waals surface area contributed by atoms with Crippen LogP contribution in [0.25, 0.3) is 0 Å². The van der Waals surface area contributed by atoms with Crippen LogP contribution in [0, 0.1) is 0 Å². The number of nitrogens with zero attached hydrogens (tertiary/aromatic N) is 1. The van der Waals surface area contributed by atoms with Crippen molar-refractivity contribution in [1.29, 1.82) is 0 Å².